The molecule has 1 heterocycles. The SMILES string of the molecule is CCC(N)[C@]1(C(C)C)CC[C@H](Oc2cc3c(F)c[nH]c(=O)c3cc2Cl)CC1. The predicted molar refractivity (Wildman–Crippen MR) is 108 cm³/mol. The first-order valence-corrected chi connectivity index (χ1v) is 10.1. The molecule has 1 aromatic carbocycles. The van der Waals surface area contributed by atoms with Crippen LogP contribution in [-0.4, -0.2) is 17.1 Å². The van der Waals surface area contributed by atoms with Crippen LogP contribution in [-0.2, 0) is 0 Å². The first-order valence-electron chi connectivity index (χ1n) is 9.71. The Labute approximate surface area is 164 Å². The van der Waals surface area contributed by atoms with Crippen molar-refractivity contribution in [1.29, 1.82) is 0 Å². The molecule has 1 aliphatic rings. The number of hydrogen-bond acceptors (Lipinski definition) is 3. The van der Waals surface area contributed by atoms with Crippen LogP contribution in [0.4, 0.5) is 4.39 Å². The second-order valence-electron chi connectivity index (χ2n) is 8.01. The molecule has 2 aromatic rings. The summed E-state index contributed by atoms with van der Waals surface area (Å²) in [6.07, 6.45) is 5.82. The summed E-state index contributed by atoms with van der Waals surface area (Å²) >= 11 is 6.31. The van der Waals surface area contributed by atoms with Gasteiger partial charge < -0.3 is 15.5 Å². The highest BCUT2D eigenvalue weighted by atomic mass is 35.5. The van der Waals surface area contributed by atoms with Crippen LogP contribution in [0.3, 0.4) is 0 Å². The van der Waals surface area contributed by atoms with E-state index < -0.39 is 5.82 Å². The van der Waals surface area contributed by atoms with Crippen LogP contribution >= 0.6 is 11.6 Å². The summed E-state index contributed by atoms with van der Waals surface area (Å²) in [7, 11) is 0. The van der Waals surface area contributed by atoms with Gasteiger partial charge in [0.25, 0.3) is 5.56 Å². The van der Waals surface area contributed by atoms with Gasteiger partial charge in [-0.3, -0.25) is 4.79 Å². The molecular weight excluding hydrogens is 367 g/mol. The molecule has 0 aliphatic heterocycles. The number of rotatable bonds is 5. The van der Waals surface area contributed by atoms with Crippen molar-refractivity contribution in [3.63, 3.8) is 0 Å². The van der Waals surface area contributed by atoms with Gasteiger partial charge in [-0.1, -0.05) is 32.4 Å². The molecule has 1 unspecified atom stereocenters. The number of nitrogens with two attached hydrogens (primary N) is 1. The van der Waals surface area contributed by atoms with Crippen LogP contribution in [0.1, 0.15) is 52.9 Å². The Morgan fingerprint density at radius 3 is 2.59 bits per heavy atom. The molecule has 1 fully saturated rings. The lowest BCUT2D eigenvalue weighted by atomic mass is 9.62. The zero-order valence-corrected chi connectivity index (χ0v) is 16.9. The first-order chi connectivity index (χ1) is 12.8. The van der Waals surface area contributed by atoms with Gasteiger partial charge in [0.05, 0.1) is 16.5 Å². The van der Waals surface area contributed by atoms with E-state index in [4.69, 9.17) is 22.1 Å². The Morgan fingerprint density at radius 2 is 2.00 bits per heavy atom. The monoisotopic (exact) mass is 394 g/mol. The third kappa shape index (κ3) is 3.72. The number of halogens is 2. The lowest BCUT2D eigenvalue weighted by molar-refractivity contribution is 0.0257. The second kappa shape index (κ2) is 7.80. The van der Waals surface area contributed by atoms with Crippen LogP contribution in [0, 0.1) is 17.2 Å². The highest BCUT2D eigenvalue weighted by molar-refractivity contribution is 6.32. The fourth-order valence-electron chi connectivity index (χ4n) is 4.52. The molecule has 0 amide bonds. The second-order valence-corrected chi connectivity index (χ2v) is 8.42. The number of ether oxygens (including phenoxy) is 1. The maximum Gasteiger partial charge on any atom is 0.256 e. The van der Waals surface area contributed by atoms with Gasteiger partial charge in [-0.2, -0.15) is 0 Å². The molecule has 6 heteroatoms. The topological polar surface area (TPSA) is 68.1 Å². The molecule has 0 saturated heterocycles. The standard InChI is InChI=1S/C21H28ClFN2O2/c1-4-19(24)21(12(2)3)7-5-13(6-8-21)27-18-10-14-15(9-16(18)22)20(26)25-11-17(14)23/h9-13,19H,4-8,24H2,1-3H3,(H,25,26)/t13-,19?,21+. The van der Waals surface area contributed by atoms with E-state index in [0.29, 0.717) is 16.7 Å². The molecule has 0 radical (unpaired) electrons. The van der Waals surface area contributed by atoms with Crippen molar-refractivity contribution >= 4 is 22.4 Å². The molecule has 3 rings (SSSR count). The van der Waals surface area contributed by atoms with Crippen LogP contribution in [0.15, 0.2) is 23.1 Å². The van der Waals surface area contributed by atoms with Gasteiger partial charge in [-0.15, -0.1) is 0 Å². The van der Waals surface area contributed by atoms with Crippen molar-refractivity contribution in [2.24, 2.45) is 17.1 Å². The van der Waals surface area contributed by atoms with E-state index in [9.17, 15) is 9.18 Å². The van der Waals surface area contributed by atoms with Gasteiger partial charge in [0, 0.05) is 17.6 Å². The first kappa shape index (κ1) is 20.2. The Morgan fingerprint density at radius 1 is 1.33 bits per heavy atom. The van der Waals surface area contributed by atoms with Gasteiger partial charge in [0.1, 0.15) is 11.6 Å². The van der Waals surface area contributed by atoms with Gasteiger partial charge in [-0.05, 0) is 55.6 Å². The summed E-state index contributed by atoms with van der Waals surface area (Å²) in [6, 6.07) is 3.19. The number of H-pyrrole nitrogens is 1. The van der Waals surface area contributed by atoms with Crippen molar-refractivity contribution in [3.8, 4) is 5.75 Å². The summed E-state index contributed by atoms with van der Waals surface area (Å²) in [6.45, 7) is 6.64. The third-order valence-corrected chi connectivity index (χ3v) is 6.68. The van der Waals surface area contributed by atoms with Crippen molar-refractivity contribution < 1.29 is 9.13 Å². The minimum Gasteiger partial charge on any atom is -0.489 e. The Bertz CT molecular complexity index is 872. The molecule has 1 aromatic heterocycles. The van der Waals surface area contributed by atoms with Crippen LogP contribution in [0.2, 0.25) is 5.02 Å². The summed E-state index contributed by atoms with van der Waals surface area (Å²) < 4.78 is 20.2. The summed E-state index contributed by atoms with van der Waals surface area (Å²) in [5.74, 6) is 0.441. The van der Waals surface area contributed by atoms with Crippen LogP contribution in [0.5, 0.6) is 5.75 Å². The normalized spacial score (nSPS) is 24.3. The van der Waals surface area contributed by atoms with Crippen molar-refractivity contribution in [3.05, 3.63) is 39.5 Å². The fourth-order valence-corrected chi connectivity index (χ4v) is 4.73. The predicted octanol–water partition coefficient (Wildman–Crippen LogP) is 5.02. The smallest absolute Gasteiger partial charge is 0.256 e. The number of hydrogen-bond donors (Lipinski definition) is 2. The van der Waals surface area contributed by atoms with E-state index in [-0.39, 0.29) is 33.9 Å². The van der Waals surface area contributed by atoms with E-state index in [1.54, 1.807) is 0 Å². The molecule has 27 heavy (non-hydrogen) atoms. The maximum absolute atomic E-state index is 14.1. The molecule has 4 nitrogen and oxygen atoms in total. The molecule has 3 N–H and O–H groups in total. The zero-order valence-electron chi connectivity index (χ0n) is 16.1. The highest BCUT2D eigenvalue weighted by Crippen LogP contribution is 2.46. The lowest BCUT2D eigenvalue weighted by Gasteiger charge is -2.47. The quantitative estimate of drug-likeness (QED) is 0.747. The average molecular weight is 395 g/mol. The maximum atomic E-state index is 14.1. The van der Waals surface area contributed by atoms with Gasteiger partial charge in [0.15, 0.2) is 0 Å². The van der Waals surface area contributed by atoms with Gasteiger partial charge >= 0.3 is 0 Å². The number of aromatic nitrogens is 1. The van der Waals surface area contributed by atoms with E-state index in [1.807, 2.05) is 0 Å². The number of pyridine rings is 1. The molecule has 0 spiro atoms. The lowest BCUT2D eigenvalue weighted by Crippen LogP contribution is -2.48. The van der Waals surface area contributed by atoms with Crippen LogP contribution in [0.25, 0.3) is 10.8 Å². The molecule has 1 saturated carbocycles. The molecule has 148 valence electrons. The van der Waals surface area contributed by atoms with E-state index in [0.717, 1.165) is 38.3 Å². The third-order valence-electron chi connectivity index (χ3n) is 6.39. The van der Waals surface area contributed by atoms with Gasteiger partial charge in [-0.25, -0.2) is 4.39 Å². The largest absolute Gasteiger partial charge is 0.489 e. The zero-order chi connectivity index (χ0) is 19.8. The summed E-state index contributed by atoms with van der Waals surface area (Å²) in [5.41, 5.74) is 6.23. The highest BCUT2D eigenvalue weighted by Gasteiger charge is 2.42. The molecule has 0 bridgehead atoms. The molecular formula is C21H28ClFN2O2. The molecule has 1 atom stereocenters. The van der Waals surface area contributed by atoms with E-state index in [1.165, 1.54) is 12.1 Å². The number of fused-ring (bicyclic) bond motifs is 1. The number of benzene rings is 1. The Kier molecular flexibility index (Phi) is 5.82. The number of nitrogens with one attached hydrogen (secondary N) is 1. The van der Waals surface area contributed by atoms with Gasteiger partial charge in [0.2, 0.25) is 0 Å². The van der Waals surface area contributed by atoms with Crippen molar-refractivity contribution in [2.75, 3.05) is 0 Å². The Hall–Kier alpha value is -1.59. The van der Waals surface area contributed by atoms with E-state index >= 15 is 0 Å². The minimum absolute atomic E-state index is 0.0148. The summed E-state index contributed by atoms with van der Waals surface area (Å²) in [5, 5.41) is 0.770. The number of aromatic amines is 1. The van der Waals surface area contributed by atoms with E-state index in [2.05, 4.69) is 25.8 Å². The fraction of sp³-hybridized carbons (Fsp3) is 0.571. The minimum atomic E-state index is -0.498. The average Bonchev–Trinajstić information content (AvgIpc) is 2.66. The Balaban J connectivity index is 1.80. The van der Waals surface area contributed by atoms with Crippen molar-refractivity contribution in [1.82, 2.24) is 4.98 Å². The van der Waals surface area contributed by atoms with Crippen molar-refractivity contribution in [2.45, 2.75) is 65.0 Å². The molecule has 1 aliphatic carbocycles. The van der Waals surface area contributed by atoms with Crippen LogP contribution < -0.4 is 16.0 Å². The summed E-state index contributed by atoms with van der Waals surface area (Å²) in [4.78, 5) is 14.2.